The number of nitrogens with one attached hydrogen (secondary N) is 1. The maximum Gasteiger partial charge on any atom is 0.328 e. The van der Waals surface area contributed by atoms with E-state index in [1.54, 1.807) is 4.90 Å². The van der Waals surface area contributed by atoms with Gasteiger partial charge in [0.25, 0.3) is 0 Å². The van der Waals surface area contributed by atoms with Crippen LogP contribution in [-0.2, 0) is 16.0 Å². The summed E-state index contributed by atoms with van der Waals surface area (Å²) < 4.78 is 4.77. The molecule has 1 aromatic heterocycles. The van der Waals surface area contributed by atoms with E-state index >= 15 is 0 Å². The Kier molecular flexibility index (Phi) is 7.18. The molecule has 0 aliphatic carbocycles. The molecule has 1 aliphatic rings. The molecule has 25 heavy (non-hydrogen) atoms. The molecular formula is C18H28N4O3. The van der Waals surface area contributed by atoms with Crippen molar-refractivity contribution >= 4 is 12.0 Å². The lowest BCUT2D eigenvalue weighted by molar-refractivity contribution is -0.144. The maximum atomic E-state index is 12.4. The molecule has 1 aliphatic heterocycles. The second-order valence-electron chi connectivity index (χ2n) is 6.63. The summed E-state index contributed by atoms with van der Waals surface area (Å²) in [5.74, 6) is -0.419. The number of aromatic nitrogens is 1. The Morgan fingerprint density at radius 1 is 1.20 bits per heavy atom. The van der Waals surface area contributed by atoms with Crippen molar-refractivity contribution in [1.29, 1.82) is 0 Å². The van der Waals surface area contributed by atoms with Crippen LogP contribution in [-0.4, -0.2) is 72.7 Å². The Hall–Kier alpha value is -2.15. The molecule has 2 heterocycles. The number of piperazine rings is 1. The summed E-state index contributed by atoms with van der Waals surface area (Å²) in [7, 11) is 1.34. The summed E-state index contributed by atoms with van der Waals surface area (Å²) in [6, 6.07) is 3.26. The van der Waals surface area contributed by atoms with Crippen LogP contribution in [0.1, 0.15) is 19.4 Å². The minimum Gasteiger partial charge on any atom is -0.467 e. The van der Waals surface area contributed by atoms with Crippen LogP contribution in [0.3, 0.4) is 0 Å². The van der Waals surface area contributed by atoms with Gasteiger partial charge in [-0.15, -0.1) is 0 Å². The molecule has 1 N–H and O–H groups in total. The van der Waals surface area contributed by atoms with Crippen molar-refractivity contribution in [2.24, 2.45) is 5.92 Å². The Labute approximate surface area is 149 Å². The maximum absolute atomic E-state index is 12.4. The number of pyridine rings is 1. The van der Waals surface area contributed by atoms with Gasteiger partial charge in [0, 0.05) is 45.1 Å². The van der Waals surface area contributed by atoms with Gasteiger partial charge < -0.3 is 15.0 Å². The van der Waals surface area contributed by atoms with Crippen LogP contribution < -0.4 is 5.32 Å². The van der Waals surface area contributed by atoms with Gasteiger partial charge in [0.05, 0.1) is 7.11 Å². The van der Waals surface area contributed by atoms with Gasteiger partial charge in [0.1, 0.15) is 6.04 Å². The van der Waals surface area contributed by atoms with Crippen LogP contribution in [0.4, 0.5) is 4.79 Å². The predicted octanol–water partition coefficient (Wildman–Crippen LogP) is 1.15. The summed E-state index contributed by atoms with van der Waals surface area (Å²) in [4.78, 5) is 32.3. The Balaban J connectivity index is 1.77. The summed E-state index contributed by atoms with van der Waals surface area (Å²) >= 11 is 0. The standard InChI is InChI=1S/C18H28N4O3/c1-14(2)16(17(23)25-3)20-18(24)22-12-10-21(11-13-22)9-6-15-4-7-19-8-5-15/h4-5,7-8,14,16H,6,9-13H2,1-3H3,(H,20,24)/t16-/m1/s1. The molecule has 7 nitrogen and oxygen atoms in total. The lowest BCUT2D eigenvalue weighted by Gasteiger charge is -2.35. The van der Waals surface area contributed by atoms with Gasteiger partial charge >= 0.3 is 12.0 Å². The zero-order valence-electron chi connectivity index (χ0n) is 15.3. The van der Waals surface area contributed by atoms with Crippen LogP contribution in [0.2, 0.25) is 0 Å². The van der Waals surface area contributed by atoms with Crippen LogP contribution in [0.15, 0.2) is 24.5 Å². The third-order valence-electron chi connectivity index (χ3n) is 4.53. The fourth-order valence-electron chi connectivity index (χ4n) is 2.86. The highest BCUT2D eigenvalue weighted by molar-refractivity contribution is 5.83. The van der Waals surface area contributed by atoms with Crippen LogP contribution in [0.5, 0.6) is 0 Å². The zero-order chi connectivity index (χ0) is 18.2. The number of urea groups is 1. The normalized spacial score (nSPS) is 16.6. The highest BCUT2D eigenvalue weighted by atomic mass is 16.5. The van der Waals surface area contributed by atoms with E-state index in [4.69, 9.17) is 4.74 Å². The number of methoxy groups -OCH3 is 1. The number of esters is 1. The van der Waals surface area contributed by atoms with Gasteiger partial charge in [-0.3, -0.25) is 9.88 Å². The fraction of sp³-hybridized carbons (Fsp3) is 0.611. The summed E-state index contributed by atoms with van der Waals surface area (Å²) in [6.07, 6.45) is 4.60. The molecule has 0 unspecified atom stereocenters. The predicted molar refractivity (Wildman–Crippen MR) is 95.1 cm³/mol. The fourth-order valence-corrected chi connectivity index (χ4v) is 2.86. The molecule has 2 rings (SSSR count). The summed E-state index contributed by atoms with van der Waals surface area (Å²) in [5.41, 5.74) is 1.27. The average Bonchev–Trinajstić information content (AvgIpc) is 2.64. The Morgan fingerprint density at radius 2 is 1.84 bits per heavy atom. The summed E-state index contributed by atoms with van der Waals surface area (Å²) in [5, 5.41) is 2.80. The molecule has 1 aromatic rings. The minimum atomic E-state index is -0.609. The van der Waals surface area contributed by atoms with Gasteiger partial charge in [-0.25, -0.2) is 9.59 Å². The first-order chi connectivity index (χ1) is 12.0. The highest BCUT2D eigenvalue weighted by Gasteiger charge is 2.28. The van der Waals surface area contributed by atoms with E-state index in [9.17, 15) is 9.59 Å². The van der Waals surface area contributed by atoms with Gasteiger partial charge in [-0.1, -0.05) is 13.8 Å². The highest BCUT2D eigenvalue weighted by Crippen LogP contribution is 2.08. The molecule has 0 saturated carbocycles. The summed E-state index contributed by atoms with van der Waals surface area (Å²) in [6.45, 7) is 7.74. The SMILES string of the molecule is COC(=O)[C@H](NC(=O)N1CCN(CCc2ccncc2)CC1)C(C)C. The lowest BCUT2D eigenvalue weighted by atomic mass is 10.1. The molecule has 0 spiro atoms. The number of hydrogen-bond donors (Lipinski definition) is 1. The van der Waals surface area contributed by atoms with E-state index in [2.05, 4.69) is 15.2 Å². The molecule has 1 fully saturated rings. The van der Waals surface area contributed by atoms with Crippen LogP contribution >= 0.6 is 0 Å². The number of carbonyl (C=O) groups excluding carboxylic acids is 2. The van der Waals surface area contributed by atoms with Gasteiger partial charge in [-0.2, -0.15) is 0 Å². The molecule has 138 valence electrons. The van der Waals surface area contributed by atoms with E-state index in [1.165, 1.54) is 12.7 Å². The first kappa shape index (κ1) is 19.2. The first-order valence-corrected chi connectivity index (χ1v) is 8.75. The van der Waals surface area contributed by atoms with Crippen LogP contribution in [0, 0.1) is 5.92 Å². The number of nitrogens with zero attached hydrogens (tertiary/aromatic N) is 3. The minimum absolute atomic E-state index is 0.0157. The molecule has 0 bridgehead atoms. The molecule has 7 heteroatoms. The quantitative estimate of drug-likeness (QED) is 0.781. The molecule has 0 aromatic carbocycles. The van der Waals surface area contributed by atoms with Crippen LogP contribution in [0.25, 0.3) is 0 Å². The van der Waals surface area contributed by atoms with Crippen molar-refractivity contribution in [2.45, 2.75) is 26.3 Å². The number of carbonyl (C=O) groups is 2. The van der Waals surface area contributed by atoms with E-state index in [0.717, 1.165) is 26.1 Å². The zero-order valence-corrected chi connectivity index (χ0v) is 15.3. The number of ether oxygens (including phenoxy) is 1. The van der Waals surface area contributed by atoms with E-state index in [-0.39, 0.29) is 11.9 Å². The number of hydrogen-bond acceptors (Lipinski definition) is 5. The van der Waals surface area contributed by atoms with Gasteiger partial charge in [0.15, 0.2) is 0 Å². The molecule has 0 radical (unpaired) electrons. The van der Waals surface area contributed by atoms with Gasteiger partial charge in [0.2, 0.25) is 0 Å². The molecule has 1 saturated heterocycles. The Morgan fingerprint density at radius 3 is 2.40 bits per heavy atom. The number of amides is 2. The third kappa shape index (κ3) is 5.70. The second kappa shape index (κ2) is 9.36. The lowest BCUT2D eigenvalue weighted by Crippen LogP contribution is -2.55. The van der Waals surface area contributed by atoms with Crippen molar-refractivity contribution in [1.82, 2.24) is 20.1 Å². The van der Waals surface area contributed by atoms with Gasteiger partial charge in [-0.05, 0) is 30.0 Å². The molecule has 1 atom stereocenters. The van der Waals surface area contributed by atoms with Crippen molar-refractivity contribution in [3.8, 4) is 0 Å². The molecule has 2 amide bonds. The average molecular weight is 348 g/mol. The van der Waals surface area contributed by atoms with E-state index in [0.29, 0.717) is 13.1 Å². The van der Waals surface area contributed by atoms with Crippen molar-refractivity contribution < 1.29 is 14.3 Å². The third-order valence-corrected chi connectivity index (χ3v) is 4.53. The van der Waals surface area contributed by atoms with E-state index < -0.39 is 12.0 Å². The monoisotopic (exact) mass is 348 g/mol. The van der Waals surface area contributed by atoms with Crippen molar-refractivity contribution in [3.63, 3.8) is 0 Å². The van der Waals surface area contributed by atoms with Crippen molar-refractivity contribution in [3.05, 3.63) is 30.1 Å². The first-order valence-electron chi connectivity index (χ1n) is 8.75. The number of rotatable bonds is 6. The Bertz CT molecular complexity index is 557. The van der Waals surface area contributed by atoms with E-state index in [1.807, 2.05) is 38.4 Å². The smallest absolute Gasteiger partial charge is 0.328 e. The molecular weight excluding hydrogens is 320 g/mol. The second-order valence-corrected chi connectivity index (χ2v) is 6.63. The van der Waals surface area contributed by atoms with Crippen molar-refractivity contribution in [2.75, 3.05) is 39.8 Å². The topological polar surface area (TPSA) is 74.8 Å². The largest absolute Gasteiger partial charge is 0.467 e.